The number of ether oxygens (including phenoxy) is 1. The Morgan fingerprint density at radius 2 is 1.68 bits per heavy atom. The first kappa shape index (κ1) is 18.8. The molecular weight excluding hydrogens is 316 g/mol. The minimum Gasteiger partial charge on any atom is -0.491 e. The summed E-state index contributed by atoms with van der Waals surface area (Å²) in [6.45, 7) is 4.06. The van der Waals surface area contributed by atoms with E-state index in [0.29, 0.717) is 5.56 Å². The number of hydrogen-bond acceptors (Lipinski definition) is 4. The van der Waals surface area contributed by atoms with Crippen molar-refractivity contribution in [1.82, 2.24) is 5.32 Å². The van der Waals surface area contributed by atoms with Gasteiger partial charge in [-0.05, 0) is 55.8 Å². The summed E-state index contributed by atoms with van der Waals surface area (Å²) in [6, 6.07) is 14.6. The summed E-state index contributed by atoms with van der Waals surface area (Å²) < 4.78 is 5.56. The first-order valence-electron chi connectivity index (χ1n) is 8.37. The molecular formula is C20H26N2O3. The zero-order chi connectivity index (χ0) is 18.4. The number of aliphatic hydroxyl groups excluding tert-OH is 1. The van der Waals surface area contributed by atoms with Gasteiger partial charge in [-0.1, -0.05) is 12.1 Å². The van der Waals surface area contributed by atoms with Crippen LogP contribution in [0.5, 0.6) is 5.75 Å². The van der Waals surface area contributed by atoms with Crippen LogP contribution in [-0.4, -0.2) is 37.8 Å². The minimum absolute atomic E-state index is 0.0914. The van der Waals surface area contributed by atoms with Crippen LogP contribution in [0.15, 0.2) is 48.5 Å². The highest BCUT2D eigenvalue weighted by atomic mass is 16.5. The van der Waals surface area contributed by atoms with Gasteiger partial charge in [-0.15, -0.1) is 0 Å². The molecule has 2 rings (SSSR count). The molecule has 0 aromatic heterocycles. The number of nitrogens with zero attached hydrogens (tertiary/aromatic N) is 1. The van der Waals surface area contributed by atoms with Crippen molar-refractivity contribution in [2.75, 3.05) is 25.5 Å². The van der Waals surface area contributed by atoms with E-state index < -0.39 is 6.10 Å². The molecule has 134 valence electrons. The van der Waals surface area contributed by atoms with Crippen molar-refractivity contribution in [3.8, 4) is 5.75 Å². The summed E-state index contributed by atoms with van der Waals surface area (Å²) in [6.07, 6.45) is -0.655. The van der Waals surface area contributed by atoms with Gasteiger partial charge >= 0.3 is 0 Å². The lowest BCUT2D eigenvalue weighted by Gasteiger charge is -2.16. The maximum atomic E-state index is 12.2. The van der Waals surface area contributed by atoms with Gasteiger partial charge in [0.2, 0.25) is 0 Å². The number of carbonyl (C=O) groups is 1. The molecule has 0 bridgehead atoms. The summed E-state index contributed by atoms with van der Waals surface area (Å²) in [5.74, 6) is 0.507. The molecule has 0 fully saturated rings. The molecule has 0 aliphatic heterocycles. The van der Waals surface area contributed by atoms with Crippen LogP contribution in [0.2, 0.25) is 0 Å². The Hall–Kier alpha value is -2.53. The van der Waals surface area contributed by atoms with E-state index in [1.54, 1.807) is 24.3 Å². The summed E-state index contributed by atoms with van der Waals surface area (Å²) in [5.41, 5.74) is 2.36. The zero-order valence-electron chi connectivity index (χ0n) is 15.2. The number of nitrogens with one attached hydrogen (secondary N) is 1. The van der Waals surface area contributed by atoms with Crippen LogP contribution in [-0.2, 0) is 0 Å². The van der Waals surface area contributed by atoms with Crippen LogP contribution in [0.1, 0.15) is 35.9 Å². The number of benzene rings is 2. The van der Waals surface area contributed by atoms with Crippen LogP contribution < -0.4 is 15.0 Å². The standard InChI is InChI=1S/C20H26N2O3/c1-14(2)25-18-11-7-16(8-12-18)20(24)21-13-19(23)15-5-9-17(10-6-15)22(3)4/h5-12,14,19,23H,13H2,1-4H3,(H,21,24). The second-order valence-electron chi connectivity index (χ2n) is 6.40. The third-order valence-electron chi connectivity index (χ3n) is 3.74. The molecule has 1 unspecified atom stereocenters. The van der Waals surface area contributed by atoms with Crippen LogP contribution in [0.3, 0.4) is 0 Å². The quantitative estimate of drug-likeness (QED) is 0.812. The normalized spacial score (nSPS) is 11.9. The molecule has 0 saturated carbocycles. The molecule has 0 aliphatic rings. The SMILES string of the molecule is CC(C)Oc1ccc(C(=O)NCC(O)c2ccc(N(C)C)cc2)cc1. The van der Waals surface area contributed by atoms with Crippen molar-refractivity contribution in [1.29, 1.82) is 0 Å². The van der Waals surface area contributed by atoms with Gasteiger partial charge in [-0.3, -0.25) is 4.79 Å². The molecule has 2 aromatic carbocycles. The third-order valence-corrected chi connectivity index (χ3v) is 3.74. The largest absolute Gasteiger partial charge is 0.491 e. The van der Waals surface area contributed by atoms with E-state index in [1.165, 1.54) is 0 Å². The van der Waals surface area contributed by atoms with E-state index in [2.05, 4.69) is 5.32 Å². The Morgan fingerprint density at radius 3 is 2.20 bits per heavy atom. The lowest BCUT2D eigenvalue weighted by Crippen LogP contribution is -2.28. The van der Waals surface area contributed by atoms with Crippen LogP contribution in [0.4, 0.5) is 5.69 Å². The smallest absolute Gasteiger partial charge is 0.251 e. The summed E-state index contributed by atoms with van der Waals surface area (Å²) in [5, 5.41) is 13.0. The number of aliphatic hydroxyl groups is 1. The average molecular weight is 342 g/mol. The fourth-order valence-corrected chi connectivity index (χ4v) is 2.36. The van der Waals surface area contributed by atoms with Gasteiger partial charge in [0.05, 0.1) is 12.2 Å². The molecule has 0 radical (unpaired) electrons. The van der Waals surface area contributed by atoms with E-state index in [0.717, 1.165) is 17.0 Å². The zero-order valence-corrected chi connectivity index (χ0v) is 15.2. The van der Waals surface area contributed by atoms with Gasteiger partial charge in [0, 0.05) is 31.9 Å². The van der Waals surface area contributed by atoms with Crippen molar-refractivity contribution in [2.45, 2.75) is 26.1 Å². The molecule has 1 atom stereocenters. The van der Waals surface area contributed by atoms with E-state index in [1.807, 2.05) is 57.1 Å². The van der Waals surface area contributed by atoms with Gasteiger partial charge in [0.15, 0.2) is 0 Å². The summed E-state index contributed by atoms with van der Waals surface area (Å²) in [4.78, 5) is 14.2. The topological polar surface area (TPSA) is 61.8 Å². The fraction of sp³-hybridized carbons (Fsp3) is 0.350. The highest BCUT2D eigenvalue weighted by molar-refractivity contribution is 5.94. The van der Waals surface area contributed by atoms with Crippen molar-refractivity contribution in [3.05, 3.63) is 59.7 Å². The second-order valence-corrected chi connectivity index (χ2v) is 6.40. The van der Waals surface area contributed by atoms with Gasteiger partial charge < -0.3 is 20.1 Å². The Kier molecular flexibility index (Phi) is 6.42. The second kappa shape index (κ2) is 8.53. The molecule has 5 nitrogen and oxygen atoms in total. The molecule has 2 aromatic rings. The molecule has 0 aliphatic carbocycles. The molecule has 0 saturated heterocycles. The lowest BCUT2D eigenvalue weighted by molar-refractivity contribution is 0.0916. The molecule has 2 N–H and O–H groups in total. The molecule has 25 heavy (non-hydrogen) atoms. The van der Waals surface area contributed by atoms with Crippen molar-refractivity contribution in [2.24, 2.45) is 0 Å². The summed E-state index contributed by atoms with van der Waals surface area (Å²) >= 11 is 0. The number of amides is 1. The maximum absolute atomic E-state index is 12.2. The number of anilines is 1. The van der Waals surface area contributed by atoms with E-state index >= 15 is 0 Å². The Labute approximate surface area is 149 Å². The predicted octanol–water partition coefficient (Wildman–Crippen LogP) is 3.00. The molecule has 5 heteroatoms. The third kappa shape index (κ3) is 5.50. The van der Waals surface area contributed by atoms with Crippen LogP contribution >= 0.6 is 0 Å². The minimum atomic E-state index is -0.747. The molecule has 0 spiro atoms. The maximum Gasteiger partial charge on any atom is 0.251 e. The highest BCUT2D eigenvalue weighted by Gasteiger charge is 2.11. The Bertz CT molecular complexity index is 679. The average Bonchev–Trinajstić information content (AvgIpc) is 2.59. The van der Waals surface area contributed by atoms with E-state index in [9.17, 15) is 9.90 Å². The summed E-state index contributed by atoms with van der Waals surface area (Å²) in [7, 11) is 3.92. The van der Waals surface area contributed by atoms with Gasteiger partial charge in [-0.25, -0.2) is 0 Å². The monoisotopic (exact) mass is 342 g/mol. The highest BCUT2D eigenvalue weighted by Crippen LogP contribution is 2.18. The molecule has 0 heterocycles. The van der Waals surface area contributed by atoms with Gasteiger partial charge in [0.1, 0.15) is 5.75 Å². The van der Waals surface area contributed by atoms with Gasteiger partial charge in [-0.2, -0.15) is 0 Å². The van der Waals surface area contributed by atoms with E-state index in [4.69, 9.17) is 4.74 Å². The Balaban J connectivity index is 1.90. The van der Waals surface area contributed by atoms with Crippen LogP contribution in [0.25, 0.3) is 0 Å². The van der Waals surface area contributed by atoms with Crippen molar-refractivity contribution >= 4 is 11.6 Å². The fourth-order valence-electron chi connectivity index (χ4n) is 2.36. The Morgan fingerprint density at radius 1 is 1.08 bits per heavy atom. The lowest BCUT2D eigenvalue weighted by atomic mass is 10.1. The van der Waals surface area contributed by atoms with Gasteiger partial charge in [0.25, 0.3) is 5.91 Å². The molecule has 1 amide bonds. The van der Waals surface area contributed by atoms with E-state index in [-0.39, 0.29) is 18.6 Å². The number of hydrogen-bond donors (Lipinski definition) is 2. The van der Waals surface area contributed by atoms with Crippen LogP contribution in [0, 0.1) is 0 Å². The first-order chi connectivity index (χ1) is 11.9. The first-order valence-corrected chi connectivity index (χ1v) is 8.37. The van der Waals surface area contributed by atoms with Crippen molar-refractivity contribution in [3.63, 3.8) is 0 Å². The predicted molar refractivity (Wildman–Crippen MR) is 100 cm³/mol. The number of rotatable bonds is 7. The number of carbonyl (C=O) groups excluding carboxylic acids is 1. The van der Waals surface area contributed by atoms with Crippen molar-refractivity contribution < 1.29 is 14.6 Å².